The second-order valence-electron chi connectivity index (χ2n) is 8.21. The number of ether oxygens (including phenoxy) is 2. The summed E-state index contributed by atoms with van der Waals surface area (Å²) in [6.45, 7) is 4.37. The van der Waals surface area contributed by atoms with Crippen molar-refractivity contribution in [1.82, 2.24) is 5.32 Å². The molecule has 1 unspecified atom stereocenters. The van der Waals surface area contributed by atoms with Crippen LogP contribution < -0.4 is 10.1 Å². The molecule has 1 atom stereocenters. The van der Waals surface area contributed by atoms with E-state index in [1.807, 2.05) is 48.5 Å². The van der Waals surface area contributed by atoms with Gasteiger partial charge in [-0.15, -0.1) is 0 Å². The van der Waals surface area contributed by atoms with E-state index in [9.17, 15) is 9.46 Å². The minimum atomic E-state index is -4.06. The number of hydrogen-bond donors (Lipinski definition) is 2. The Balaban J connectivity index is 1.76. The van der Waals surface area contributed by atoms with Crippen LogP contribution in [0.2, 0.25) is 0 Å². The summed E-state index contributed by atoms with van der Waals surface area (Å²) in [4.78, 5) is 9.64. The highest BCUT2D eigenvalue weighted by molar-refractivity contribution is 7.47. The molecule has 3 rings (SSSR count). The van der Waals surface area contributed by atoms with Gasteiger partial charge in [0.05, 0.1) is 38.6 Å². The lowest BCUT2D eigenvalue weighted by Gasteiger charge is -2.37. The highest BCUT2D eigenvalue weighted by Crippen LogP contribution is 2.44. The molecule has 0 bridgehead atoms. The highest BCUT2D eigenvalue weighted by Gasteiger charge is 2.35. The number of phosphoric acid groups is 1. The van der Waals surface area contributed by atoms with Crippen molar-refractivity contribution in [2.24, 2.45) is 0 Å². The third-order valence-electron chi connectivity index (χ3n) is 5.40. The van der Waals surface area contributed by atoms with Gasteiger partial charge in [0.15, 0.2) is 0 Å². The van der Waals surface area contributed by atoms with Gasteiger partial charge in [-0.1, -0.05) is 72.8 Å². The molecule has 0 aromatic heterocycles. The van der Waals surface area contributed by atoms with Gasteiger partial charge >= 0.3 is 7.82 Å². The van der Waals surface area contributed by atoms with Crippen molar-refractivity contribution >= 4 is 7.82 Å². The fourth-order valence-electron chi connectivity index (χ4n) is 3.94. The number of rotatable bonds is 14. The molecule has 7 nitrogen and oxygen atoms in total. The Bertz CT molecular complexity index is 1020. The molecule has 0 aliphatic heterocycles. The normalized spacial score (nSPS) is 13.5. The van der Waals surface area contributed by atoms with Crippen LogP contribution in [-0.4, -0.2) is 44.5 Å². The van der Waals surface area contributed by atoms with Crippen LogP contribution in [0.5, 0.6) is 5.75 Å². The fraction of sp³-hybridized carbons (Fsp3) is 0.333. The van der Waals surface area contributed by atoms with Gasteiger partial charge in [0.25, 0.3) is 0 Å². The minimum absolute atomic E-state index is 0.0402. The average Bonchev–Trinajstić information content (AvgIpc) is 2.86. The maximum atomic E-state index is 11.8. The SMILES string of the molecule is COc1ccc(C(NCCOCCOP(=O)(O)OC(C)C)(c2ccccc2)c2ccccc2)cc1. The summed E-state index contributed by atoms with van der Waals surface area (Å²) in [5.41, 5.74) is 2.62. The lowest BCUT2D eigenvalue weighted by Crippen LogP contribution is -2.46. The second-order valence-corrected chi connectivity index (χ2v) is 9.61. The molecule has 3 aromatic rings. The van der Waals surface area contributed by atoms with Gasteiger partial charge in [0.2, 0.25) is 0 Å². The Morgan fingerprint density at radius 3 is 1.89 bits per heavy atom. The Morgan fingerprint density at radius 2 is 1.37 bits per heavy atom. The van der Waals surface area contributed by atoms with Crippen molar-refractivity contribution < 1.29 is 28.0 Å². The Hall–Kier alpha value is -2.51. The van der Waals surface area contributed by atoms with E-state index in [1.165, 1.54) is 0 Å². The summed E-state index contributed by atoms with van der Waals surface area (Å²) < 4.78 is 32.7. The fourth-order valence-corrected chi connectivity index (χ4v) is 4.84. The predicted molar refractivity (Wildman–Crippen MR) is 137 cm³/mol. The molecule has 0 saturated carbocycles. The molecule has 35 heavy (non-hydrogen) atoms. The van der Waals surface area contributed by atoms with Gasteiger partial charge in [-0.3, -0.25) is 14.4 Å². The van der Waals surface area contributed by atoms with Gasteiger partial charge in [0, 0.05) is 6.54 Å². The van der Waals surface area contributed by atoms with Gasteiger partial charge in [0.1, 0.15) is 5.75 Å². The molecule has 188 valence electrons. The van der Waals surface area contributed by atoms with Crippen LogP contribution in [-0.2, 0) is 23.9 Å². The monoisotopic (exact) mass is 499 g/mol. The highest BCUT2D eigenvalue weighted by atomic mass is 31.2. The number of benzene rings is 3. The van der Waals surface area contributed by atoms with E-state index >= 15 is 0 Å². The van der Waals surface area contributed by atoms with E-state index in [0.29, 0.717) is 13.2 Å². The summed E-state index contributed by atoms with van der Waals surface area (Å²) >= 11 is 0. The number of phosphoric ester groups is 1. The van der Waals surface area contributed by atoms with E-state index in [1.54, 1.807) is 21.0 Å². The standard InChI is InChI=1S/C27H34NO6P/c1-22(2)34-35(29,30)33-21-20-32-19-18-28-27(23-10-6-4-7-11-23,24-12-8-5-9-13-24)25-14-16-26(31-3)17-15-25/h4-17,22,28H,18-21H2,1-3H3,(H,29,30). The van der Waals surface area contributed by atoms with E-state index in [4.69, 9.17) is 18.5 Å². The van der Waals surface area contributed by atoms with Gasteiger partial charge in [-0.2, -0.15) is 0 Å². The molecule has 0 aliphatic carbocycles. The first-order valence-electron chi connectivity index (χ1n) is 11.6. The zero-order chi connectivity index (χ0) is 25.2. The van der Waals surface area contributed by atoms with Crippen LogP contribution in [0.4, 0.5) is 0 Å². The molecule has 0 radical (unpaired) electrons. The molecule has 0 aliphatic rings. The number of hydrogen-bond acceptors (Lipinski definition) is 6. The third-order valence-corrected chi connectivity index (χ3v) is 6.60. The Kier molecular flexibility index (Phi) is 10.0. The lowest BCUT2D eigenvalue weighted by atomic mass is 9.77. The van der Waals surface area contributed by atoms with Crippen molar-refractivity contribution in [3.63, 3.8) is 0 Å². The molecule has 2 N–H and O–H groups in total. The minimum Gasteiger partial charge on any atom is -0.497 e. The van der Waals surface area contributed by atoms with E-state index < -0.39 is 19.5 Å². The predicted octanol–water partition coefficient (Wildman–Crippen LogP) is 5.14. The van der Waals surface area contributed by atoms with Crippen molar-refractivity contribution in [1.29, 1.82) is 0 Å². The quantitative estimate of drug-likeness (QED) is 0.181. The van der Waals surface area contributed by atoms with Crippen molar-refractivity contribution in [2.45, 2.75) is 25.5 Å². The maximum absolute atomic E-state index is 11.8. The van der Waals surface area contributed by atoms with Gasteiger partial charge in [-0.05, 0) is 42.7 Å². The third kappa shape index (κ3) is 7.48. The molecule has 0 heterocycles. The summed E-state index contributed by atoms with van der Waals surface area (Å²) in [5.74, 6) is 0.787. The van der Waals surface area contributed by atoms with E-state index in [-0.39, 0.29) is 13.2 Å². The Morgan fingerprint density at radius 1 is 0.829 bits per heavy atom. The van der Waals surface area contributed by atoms with Crippen molar-refractivity contribution in [2.75, 3.05) is 33.5 Å². The number of nitrogens with one attached hydrogen (secondary N) is 1. The lowest BCUT2D eigenvalue weighted by molar-refractivity contribution is 0.0684. The smallest absolute Gasteiger partial charge is 0.472 e. The van der Waals surface area contributed by atoms with Crippen LogP contribution in [0.1, 0.15) is 30.5 Å². The summed E-state index contributed by atoms with van der Waals surface area (Å²) in [5, 5.41) is 3.72. The zero-order valence-corrected chi connectivity index (χ0v) is 21.3. The molecule has 3 aromatic carbocycles. The van der Waals surface area contributed by atoms with E-state index in [2.05, 4.69) is 41.7 Å². The van der Waals surface area contributed by atoms with Gasteiger partial charge in [-0.25, -0.2) is 4.57 Å². The summed E-state index contributed by atoms with van der Waals surface area (Å²) in [7, 11) is -2.41. The molecular formula is C27H34NO6P. The molecule has 0 saturated heterocycles. The molecule has 0 amide bonds. The van der Waals surface area contributed by atoms with Crippen molar-refractivity contribution in [3.8, 4) is 5.75 Å². The molecule has 0 fully saturated rings. The molecule has 0 spiro atoms. The maximum Gasteiger partial charge on any atom is 0.472 e. The van der Waals surface area contributed by atoms with Crippen molar-refractivity contribution in [3.05, 3.63) is 102 Å². The van der Waals surface area contributed by atoms with Crippen LogP contribution in [0.15, 0.2) is 84.9 Å². The molecular weight excluding hydrogens is 465 g/mol. The Labute approximate surface area is 207 Å². The number of methoxy groups -OCH3 is 1. The van der Waals surface area contributed by atoms with E-state index in [0.717, 1.165) is 22.4 Å². The van der Waals surface area contributed by atoms with Crippen LogP contribution in [0.25, 0.3) is 0 Å². The zero-order valence-electron chi connectivity index (χ0n) is 20.4. The molecule has 8 heteroatoms. The average molecular weight is 500 g/mol. The topological polar surface area (TPSA) is 86.2 Å². The first kappa shape index (κ1) is 27.1. The van der Waals surface area contributed by atoms with Crippen LogP contribution in [0.3, 0.4) is 0 Å². The first-order chi connectivity index (χ1) is 16.9. The van der Waals surface area contributed by atoms with Crippen LogP contribution >= 0.6 is 7.82 Å². The first-order valence-corrected chi connectivity index (χ1v) is 13.1. The second kappa shape index (κ2) is 13.0. The van der Waals surface area contributed by atoms with Gasteiger partial charge < -0.3 is 14.4 Å². The summed E-state index contributed by atoms with van der Waals surface area (Å²) in [6, 6.07) is 28.6. The van der Waals surface area contributed by atoms with Crippen LogP contribution in [0, 0.1) is 0 Å². The largest absolute Gasteiger partial charge is 0.497 e. The summed E-state index contributed by atoms with van der Waals surface area (Å²) in [6.07, 6.45) is -0.405.